The molecule has 1 aromatic rings. The molecular weight excluding hydrogens is 284 g/mol. The molecule has 0 bridgehead atoms. The van der Waals surface area contributed by atoms with Crippen LogP contribution in [0.5, 0.6) is 5.75 Å². The van der Waals surface area contributed by atoms with Crippen LogP contribution in [0.25, 0.3) is 0 Å². The number of rotatable bonds is 4. The number of benzene rings is 1. The number of carbonyl (C=O) groups excluding carboxylic acids is 2. The maximum atomic E-state index is 12.1. The van der Waals surface area contributed by atoms with Crippen molar-refractivity contribution in [3.8, 4) is 5.75 Å². The van der Waals surface area contributed by atoms with E-state index < -0.39 is 0 Å². The van der Waals surface area contributed by atoms with Crippen LogP contribution in [0.2, 0.25) is 0 Å². The first-order valence-electron chi connectivity index (χ1n) is 7.49. The second-order valence-corrected chi connectivity index (χ2v) is 5.17. The second-order valence-electron chi connectivity index (χ2n) is 5.17. The number of ether oxygens (including phenoxy) is 2. The van der Waals surface area contributed by atoms with Crippen LogP contribution >= 0.6 is 0 Å². The molecular formula is C16H22N2O4. The van der Waals surface area contributed by atoms with Crippen molar-refractivity contribution in [3.63, 3.8) is 0 Å². The molecule has 0 atom stereocenters. The number of nitrogens with zero attached hydrogens (tertiary/aromatic N) is 2. The van der Waals surface area contributed by atoms with E-state index in [9.17, 15) is 9.59 Å². The Morgan fingerprint density at radius 3 is 2.45 bits per heavy atom. The van der Waals surface area contributed by atoms with Gasteiger partial charge in [-0.25, -0.2) is 4.79 Å². The summed E-state index contributed by atoms with van der Waals surface area (Å²) in [6, 6.07) is 7.60. The SMILES string of the molecule is CCOC(=O)N1CCN(C(=O)COc2cccc(C)c2)CC1. The minimum absolute atomic E-state index is 0.0167. The first kappa shape index (κ1) is 16.1. The molecule has 22 heavy (non-hydrogen) atoms. The van der Waals surface area contributed by atoms with Crippen molar-refractivity contribution in [2.45, 2.75) is 13.8 Å². The third-order valence-electron chi connectivity index (χ3n) is 3.51. The Hall–Kier alpha value is -2.24. The molecule has 6 heteroatoms. The minimum atomic E-state index is -0.314. The fourth-order valence-corrected chi connectivity index (χ4v) is 2.29. The standard InChI is InChI=1S/C16H22N2O4/c1-3-21-16(20)18-9-7-17(8-10-18)15(19)12-22-14-6-4-5-13(2)11-14/h4-6,11H,3,7-10,12H2,1-2H3. The van der Waals surface area contributed by atoms with Crippen LogP contribution in [-0.4, -0.2) is 61.2 Å². The molecule has 0 aromatic heterocycles. The van der Waals surface area contributed by atoms with Crippen molar-refractivity contribution in [1.29, 1.82) is 0 Å². The van der Waals surface area contributed by atoms with Crippen LogP contribution in [0.3, 0.4) is 0 Å². The molecule has 0 aliphatic carbocycles. The highest BCUT2D eigenvalue weighted by Gasteiger charge is 2.24. The van der Waals surface area contributed by atoms with E-state index in [2.05, 4.69) is 0 Å². The summed E-state index contributed by atoms with van der Waals surface area (Å²) >= 11 is 0. The topological polar surface area (TPSA) is 59.1 Å². The lowest BCUT2D eigenvalue weighted by atomic mass is 10.2. The summed E-state index contributed by atoms with van der Waals surface area (Å²) < 4.78 is 10.5. The van der Waals surface area contributed by atoms with Crippen molar-refractivity contribution in [2.24, 2.45) is 0 Å². The fraction of sp³-hybridized carbons (Fsp3) is 0.500. The first-order chi connectivity index (χ1) is 10.6. The van der Waals surface area contributed by atoms with Crippen LogP contribution in [0.1, 0.15) is 12.5 Å². The third-order valence-corrected chi connectivity index (χ3v) is 3.51. The van der Waals surface area contributed by atoms with Gasteiger partial charge in [0.1, 0.15) is 5.75 Å². The lowest BCUT2D eigenvalue weighted by Gasteiger charge is -2.33. The molecule has 1 aliphatic heterocycles. The van der Waals surface area contributed by atoms with E-state index in [0.29, 0.717) is 38.5 Å². The molecule has 0 saturated carbocycles. The van der Waals surface area contributed by atoms with Crippen molar-refractivity contribution in [3.05, 3.63) is 29.8 Å². The zero-order valence-electron chi connectivity index (χ0n) is 13.1. The van der Waals surface area contributed by atoms with Crippen molar-refractivity contribution in [1.82, 2.24) is 9.80 Å². The number of carbonyl (C=O) groups is 2. The van der Waals surface area contributed by atoms with E-state index in [1.165, 1.54) is 0 Å². The van der Waals surface area contributed by atoms with Gasteiger partial charge in [0.25, 0.3) is 5.91 Å². The number of aryl methyl sites for hydroxylation is 1. The normalized spacial score (nSPS) is 14.6. The highest BCUT2D eigenvalue weighted by molar-refractivity contribution is 5.78. The molecule has 1 fully saturated rings. The summed E-state index contributed by atoms with van der Waals surface area (Å²) in [5.41, 5.74) is 1.09. The molecule has 0 spiro atoms. The van der Waals surface area contributed by atoms with Gasteiger partial charge >= 0.3 is 6.09 Å². The van der Waals surface area contributed by atoms with E-state index in [-0.39, 0.29) is 18.6 Å². The Bertz CT molecular complexity index is 525. The Morgan fingerprint density at radius 1 is 1.14 bits per heavy atom. The number of hydrogen-bond acceptors (Lipinski definition) is 4. The van der Waals surface area contributed by atoms with Crippen LogP contribution in [0, 0.1) is 6.92 Å². The highest BCUT2D eigenvalue weighted by atomic mass is 16.6. The molecule has 0 N–H and O–H groups in total. The molecule has 2 amide bonds. The zero-order chi connectivity index (χ0) is 15.9. The van der Waals surface area contributed by atoms with Gasteiger partial charge in [-0.1, -0.05) is 12.1 Å². The predicted molar refractivity (Wildman–Crippen MR) is 81.8 cm³/mol. The lowest BCUT2D eigenvalue weighted by Crippen LogP contribution is -2.51. The highest BCUT2D eigenvalue weighted by Crippen LogP contribution is 2.12. The summed E-state index contributed by atoms with van der Waals surface area (Å²) in [5.74, 6) is 0.628. The summed E-state index contributed by atoms with van der Waals surface area (Å²) in [6.07, 6.45) is -0.314. The smallest absolute Gasteiger partial charge is 0.409 e. The fourth-order valence-electron chi connectivity index (χ4n) is 2.29. The van der Waals surface area contributed by atoms with E-state index in [4.69, 9.17) is 9.47 Å². The molecule has 1 aromatic carbocycles. The molecule has 1 aliphatic rings. The maximum absolute atomic E-state index is 12.1. The number of amides is 2. The summed E-state index contributed by atoms with van der Waals surface area (Å²) in [6.45, 7) is 6.14. The molecule has 1 heterocycles. The van der Waals surface area contributed by atoms with E-state index in [1.807, 2.05) is 31.2 Å². The summed E-state index contributed by atoms with van der Waals surface area (Å²) in [7, 11) is 0. The Kier molecular flexibility index (Phi) is 5.63. The molecule has 0 radical (unpaired) electrons. The van der Waals surface area contributed by atoms with E-state index >= 15 is 0 Å². The van der Waals surface area contributed by atoms with Gasteiger partial charge in [0.15, 0.2) is 6.61 Å². The van der Waals surface area contributed by atoms with E-state index in [1.54, 1.807) is 16.7 Å². The summed E-state index contributed by atoms with van der Waals surface area (Å²) in [4.78, 5) is 27.1. The van der Waals surface area contributed by atoms with E-state index in [0.717, 1.165) is 5.56 Å². The van der Waals surface area contributed by atoms with Gasteiger partial charge in [-0.05, 0) is 31.5 Å². The van der Waals surface area contributed by atoms with Gasteiger partial charge in [-0.3, -0.25) is 4.79 Å². The van der Waals surface area contributed by atoms with Crippen LogP contribution < -0.4 is 4.74 Å². The van der Waals surface area contributed by atoms with Crippen molar-refractivity contribution < 1.29 is 19.1 Å². The maximum Gasteiger partial charge on any atom is 0.409 e. The molecule has 120 valence electrons. The van der Waals surface area contributed by atoms with Crippen LogP contribution in [-0.2, 0) is 9.53 Å². The van der Waals surface area contributed by atoms with Gasteiger partial charge in [0.2, 0.25) is 0 Å². The second kappa shape index (κ2) is 7.68. The Balaban J connectivity index is 1.76. The average Bonchev–Trinajstić information content (AvgIpc) is 2.53. The van der Waals surface area contributed by atoms with Gasteiger partial charge in [0, 0.05) is 26.2 Å². The Labute approximate surface area is 130 Å². The number of hydrogen-bond donors (Lipinski definition) is 0. The van der Waals surface area contributed by atoms with Crippen molar-refractivity contribution in [2.75, 3.05) is 39.4 Å². The minimum Gasteiger partial charge on any atom is -0.484 e. The Morgan fingerprint density at radius 2 is 1.82 bits per heavy atom. The van der Waals surface area contributed by atoms with Crippen LogP contribution in [0.4, 0.5) is 4.79 Å². The third kappa shape index (κ3) is 4.38. The average molecular weight is 306 g/mol. The van der Waals surface area contributed by atoms with Gasteiger partial charge in [-0.2, -0.15) is 0 Å². The zero-order valence-corrected chi connectivity index (χ0v) is 13.1. The molecule has 2 rings (SSSR count). The largest absolute Gasteiger partial charge is 0.484 e. The summed E-state index contributed by atoms with van der Waals surface area (Å²) in [5, 5.41) is 0. The van der Waals surface area contributed by atoms with Gasteiger partial charge in [-0.15, -0.1) is 0 Å². The first-order valence-corrected chi connectivity index (χ1v) is 7.49. The molecule has 1 saturated heterocycles. The van der Waals surface area contributed by atoms with Crippen LogP contribution in [0.15, 0.2) is 24.3 Å². The van der Waals surface area contributed by atoms with Crippen molar-refractivity contribution >= 4 is 12.0 Å². The predicted octanol–water partition coefficient (Wildman–Crippen LogP) is 1.67. The van der Waals surface area contributed by atoms with Gasteiger partial charge < -0.3 is 19.3 Å². The monoisotopic (exact) mass is 306 g/mol. The van der Waals surface area contributed by atoms with Gasteiger partial charge in [0.05, 0.1) is 6.61 Å². The molecule has 6 nitrogen and oxygen atoms in total. The number of piperazine rings is 1. The quantitative estimate of drug-likeness (QED) is 0.849. The molecule has 0 unspecified atom stereocenters. The lowest BCUT2D eigenvalue weighted by molar-refractivity contribution is -0.134.